The maximum absolute atomic E-state index is 12.3. The third kappa shape index (κ3) is 6.05. The molecule has 2 N–H and O–H groups in total. The summed E-state index contributed by atoms with van der Waals surface area (Å²) in [6, 6.07) is -0.570. The van der Waals surface area contributed by atoms with E-state index in [1.54, 1.807) is 0 Å². The van der Waals surface area contributed by atoms with Gasteiger partial charge >= 0.3 is 5.97 Å². The van der Waals surface area contributed by atoms with Crippen LogP contribution in [0, 0.1) is 11.8 Å². The van der Waals surface area contributed by atoms with Gasteiger partial charge in [0.05, 0.1) is 13.2 Å². The van der Waals surface area contributed by atoms with Crippen molar-refractivity contribution in [3.63, 3.8) is 0 Å². The molecule has 0 rings (SSSR count). The van der Waals surface area contributed by atoms with Crippen molar-refractivity contribution in [3.05, 3.63) is 0 Å². The molecule has 0 saturated heterocycles. The monoisotopic (exact) mass is 272 g/mol. The first-order valence-corrected chi connectivity index (χ1v) is 6.98. The molecule has 5 nitrogen and oxygen atoms in total. The number of ether oxygens (including phenoxy) is 1. The Morgan fingerprint density at radius 2 is 1.74 bits per heavy atom. The highest BCUT2D eigenvalue weighted by molar-refractivity contribution is 5.85. The van der Waals surface area contributed by atoms with Crippen molar-refractivity contribution in [2.45, 2.75) is 46.6 Å². The van der Waals surface area contributed by atoms with E-state index in [4.69, 9.17) is 5.73 Å². The van der Waals surface area contributed by atoms with Gasteiger partial charge in [-0.2, -0.15) is 0 Å². The Bertz CT molecular complexity index is 288. The van der Waals surface area contributed by atoms with Gasteiger partial charge in [0.15, 0.2) is 0 Å². The summed E-state index contributed by atoms with van der Waals surface area (Å²) in [4.78, 5) is 25.3. The zero-order chi connectivity index (χ0) is 15.0. The minimum atomic E-state index is -0.570. The van der Waals surface area contributed by atoms with Crippen LogP contribution in [0.2, 0.25) is 0 Å². The van der Waals surface area contributed by atoms with Crippen LogP contribution < -0.4 is 5.73 Å². The Morgan fingerprint density at radius 3 is 2.11 bits per heavy atom. The molecule has 1 unspecified atom stereocenters. The second kappa shape index (κ2) is 8.91. The maximum atomic E-state index is 12.3. The van der Waals surface area contributed by atoms with Crippen LogP contribution in [0.15, 0.2) is 0 Å². The highest BCUT2D eigenvalue weighted by Crippen LogP contribution is 2.12. The van der Waals surface area contributed by atoms with Gasteiger partial charge < -0.3 is 15.4 Å². The number of nitrogens with two attached hydrogens (primary N) is 1. The lowest BCUT2D eigenvalue weighted by atomic mass is 10.0. The SMILES string of the molecule is CCC(CC)CN(CC(=O)OC)C(=O)C(N)C(C)C. The van der Waals surface area contributed by atoms with E-state index in [1.165, 1.54) is 12.0 Å². The van der Waals surface area contributed by atoms with E-state index in [0.717, 1.165) is 12.8 Å². The number of hydrogen-bond acceptors (Lipinski definition) is 4. The van der Waals surface area contributed by atoms with Gasteiger partial charge in [0, 0.05) is 6.54 Å². The molecule has 112 valence electrons. The molecule has 0 aromatic heterocycles. The van der Waals surface area contributed by atoms with Crippen molar-refractivity contribution in [2.75, 3.05) is 20.2 Å². The Morgan fingerprint density at radius 1 is 1.21 bits per heavy atom. The first-order chi connectivity index (χ1) is 8.87. The fraction of sp³-hybridized carbons (Fsp3) is 0.857. The van der Waals surface area contributed by atoms with Crippen LogP contribution in [0.1, 0.15) is 40.5 Å². The number of esters is 1. The summed E-state index contributed by atoms with van der Waals surface area (Å²) in [5.74, 6) is -0.148. The Balaban J connectivity index is 4.83. The average molecular weight is 272 g/mol. The third-order valence-electron chi connectivity index (χ3n) is 3.50. The van der Waals surface area contributed by atoms with Crippen molar-refractivity contribution in [1.29, 1.82) is 0 Å². The van der Waals surface area contributed by atoms with E-state index in [9.17, 15) is 9.59 Å². The quantitative estimate of drug-likeness (QED) is 0.678. The summed E-state index contributed by atoms with van der Waals surface area (Å²) in [5, 5.41) is 0. The Kier molecular flexibility index (Phi) is 8.39. The largest absolute Gasteiger partial charge is 0.468 e. The van der Waals surface area contributed by atoms with Gasteiger partial charge in [0.25, 0.3) is 0 Å². The number of nitrogens with zero attached hydrogens (tertiary/aromatic N) is 1. The van der Waals surface area contributed by atoms with Crippen molar-refractivity contribution in [1.82, 2.24) is 4.90 Å². The van der Waals surface area contributed by atoms with E-state index in [2.05, 4.69) is 18.6 Å². The second-order valence-electron chi connectivity index (χ2n) is 5.25. The number of rotatable bonds is 8. The normalized spacial score (nSPS) is 12.6. The summed E-state index contributed by atoms with van der Waals surface area (Å²) in [6.07, 6.45) is 1.94. The average Bonchev–Trinajstić information content (AvgIpc) is 2.41. The number of amides is 1. The molecule has 19 heavy (non-hydrogen) atoms. The summed E-state index contributed by atoms with van der Waals surface area (Å²) in [7, 11) is 1.32. The molecule has 1 atom stereocenters. The molecule has 1 amide bonds. The molecule has 0 radical (unpaired) electrons. The lowest BCUT2D eigenvalue weighted by molar-refractivity contribution is -0.148. The van der Waals surface area contributed by atoms with E-state index in [0.29, 0.717) is 12.5 Å². The van der Waals surface area contributed by atoms with Gasteiger partial charge in [-0.3, -0.25) is 9.59 Å². The van der Waals surface area contributed by atoms with Crippen LogP contribution in [0.25, 0.3) is 0 Å². The fourth-order valence-electron chi connectivity index (χ4n) is 1.81. The molecular weight excluding hydrogens is 244 g/mol. The minimum Gasteiger partial charge on any atom is -0.468 e. The fourth-order valence-corrected chi connectivity index (χ4v) is 1.81. The molecule has 5 heteroatoms. The van der Waals surface area contributed by atoms with Crippen molar-refractivity contribution in [2.24, 2.45) is 17.6 Å². The lowest BCUT2D eigenvalue weighted by Crippen LogP contribution is -2.49. The third-order valence-corrected chi connectivity index (χ3v) is 3.50. The predicted octanol–water partition coefficient (Wildman–Crippen LogP) is 1.41. The molecule has 0 heterocycles. The standard InChI is InChI=1S/C14H28N2O3/c1-6-11(7-2)8-16(9-12(17)19-5)14(18)13(15)10(3)4/h10-11,13H,6-9,15H2,1-5H3. The van der Waals surface area contributed by atoms with Gasteiger partial charge in [-0.1, -0.05) is 40.5 Å². The smallest absolute Gasteiger partial charge is 0.325 e. The van der Waals surface area contributed by atoms with Crippen molar-refractivity contribution in [3.8, 4) is 0 Å². The van der Waals surface area contributed by atoms with Crippen LogP contribution in [0.4, 0.5) is 0 Å². The highest BCUT2D eigenvalue weighted by Gasteiger charge is 2.26. The molecule has 0 fully saturated rings. The maximum Gasteiger partial charge on any atom is 0.325 e. The molecule has 0 aromatic rings. The highest BCUT2D eigenvalue weighted by atomic mass is 16.5. The molecule has 0 bridgehead atoms. The molecule has 0 aliphatic heterocycles. The van der Waals surface area contributed by atoms with E-state index < -0.39 is 12.0 Å². The molecule has 0 aliphatic rings. The summed E-state index contributed by atoms with van der Waals surface area (Å²) < 4.78 is 4.65. The van der Waals surface area contributed by atoms with Gasteiger partial charge in [-0.05, 0) is 11.8 Å². The van der Waals surface area contributed by atoms with Gasteiger partial charge in [-0.25, -0.2) is 0 Å². The first-order valence-electron chi connectivity index (χ1n) is 6.98. The topological polar surface area (TPSA) is 72.6 Å². The number of carbonyl (C=O) groups excluding carboxylic acids is 2. The van der Waals surface area contributed by atoms with Crippen LogP contribution in [0.5, 0.6) is 0 Å². The molecule has 0 aromatic carbocycles. The van der Waals surface area contributed by atoms with Gasteiger partial charge in [-0.15, -0.1) is 0 Å². The van der Waals surface area contributed by atoms with Crippen LogP contribution >= 0.6 is 0 Å². The van der Waals surface area contributed by atoms with Crippen molar-refractivity contribution >= 4 is 11.9 Å². The Labute approximate surface area is 116 Å². The van der Waals surface area contributed by atoms with Crippen LogP contribution in [-0.4, -0.2) is 43.0 Å². The van der Waals surface area contributed by atoms with Crippen LogP contribution in [-0.2, 0) is 14.3 Å². The molecular formula is C14H28N2O3. The van der Waals surface area contributed by atoms with Gasteiger partial charge in [0.1, 0.15) is 6.54 Å². The number of carbonyl (C=O) groups is 2. The lowest BCUT2D eigenvalue weighted by Gasteiger charge is -2.29. The zero-order valence-corrected chi connectivity index (χ0v) is 12.8. The first kappa shape index (κ1) is 17.9. The molecule has 0 spiro atoms. The van der Waals surface area contributed by atoms with E-state index in [-0.39, 0.29) is 18.4 Å². The summed E-state index contributed by atoms with van der Waals surface area (Å²) in [6.45, 7) is 8.49. The molecule has 0 saturated carbocycles. The summed E-state index contributed by atoms with van der Waals surface area (Å²) in [5.41, 5.74) is 5.89. The van der Waals surface area contributed by atoms with Gasteiger partial charge in [0.2, 0.25) is 5.91 Å². The second-order valence-corrected chi connectivity index (χ2v) is 5.25. The number of hydrogen-bond donors (Lipinski definition) is 1. The van der Waals surface area contributed by atoms with E-state index in [1.807, 2.05) is 13.8 Å². The van der Waals surface area contributed by atoms with Crippen LogP contribution in [0.3, 0.4) is 0 Å². The van der Waals surface area contributed by atoms with Crippen molar-refractivity contribution < 1.29 is 14.3 Å². The summed E-state index contributed by atoms with van der Waals surface area (Å²) >= 11 is 0. The predicted molar refractivity (Wildman–Crippen MR) is 75.5 cm³/mol. The zero-order valence-electron chi connectivity index (χ0n) is 12.8. The number of methoxy groups -OCH3 is 1. The minimum absolute atomic E-state index is 0.0216. The van der Waals surface area contributed by atoms with E-state index >= 15 is 0 Å². The Hall–Kier alpha value is -1.10. The molecule has 0 aliphatic carbocycles.